The summed E-state index contributed by atoms with van der Waals surface area (Å²) in [7, 11) is 0.337. The lowest BCUT2D eigenvalue weighted by molar-refractivity contribution is -0.111. The van der Waals surface area contributed by atoms with Crippen LogP contribution in [0.4, 0.5) is 0 Å². The fourth-order valence-corrected chi connectivity index (χ4v) is 3.84. The van der Waals surface area contributed by atoms with Crippen LogP contribution in [0.2, 0.25) is 0 Å². The normalized spacial score (nSPS) is 19.6. The fourth-order valence-electron chi connectivity index (χ4n) is 3.25. The highest BCUT2D eigenvalue weighted by Crippen LogP contribution is 2.39. The van der Waals surface area contributed by atoms with Crippen LogP contribution in [-0.4, -0.2) is 21.8 Å². The number of methoxy groups -OCH3 is 1. The van der Waals surface area contributed by atoms with E-state index in [0.29, 0.717) is 12.0 Å². The number of hydrogen-bond donors (Lipinski definition) is 1. The van der Waals surface area contributed by atoms with Crippen molar-refractivity contribution in [1.29, 1.82) is 0 Å². The summed E-state index contributed by atoms with van der Waals surface area (Å²) in [6.45, 7) is 5.68. The van der Waals surface area contributed by atoms with Gasteiger partial charge >= 0.3 is 0 Å². The zero-order chi connectivity index (χ0) is 21.0. The van der Waals surface area contributed by atoms with Crippen molar-refractivity contribution >= 4 is 22.3 Å². The average Bonchev–Trinajstić information content (AvgIpc) is 2.72. The third-order valence-corrected chi connectivity index (χ3v) is 6.37. The van der Waals surface area contributed by atoms with Gasteiger partial charge in [0.2, 0.25) is 0 Å². The van der Waals surface area contributed by atoms with Crippen LogP contribution in [-0.2, 0) is 15.8 Å². The minimum absolute atomic E-state index is 0.0608. The molecule has 0 fully saturated rings. The van der Waals surface area contributed by atoms with Crippen LogP contribution in [0.1, 0.15) is 44.2 Å². The lowest BCUT2D eigenvalue weighted by atomic mass is 9.78. The second kappa shape index (κ2) is 8.78. The van der Waals surface area contributed by atoms with E-state index in [0.717, 1.165) is 22.4 Å². The maximum absolute atomic E-state index is 13.0. The number of benzene rings is 2. The Kier molecular flexibility index (Phi) is 6.38. The van der Waals surface area contributed by atoms with Crippen molar-refractivity contribution in [3.05, 3.63) is 83.6 Å². The molecule has 0 heterocycles. The molecule has 2 aromatic rings. The van der Waals surface area contributed by atoms with Gasteiger partial charge in [-0.15, -0.1) is 0 Å². The van der Waals surface area contributed by atoms with E-state index in [1.54, 1.807) is 19.4 Å². The number of carbonyl (C=O) groups excluding carboxylic acids is 1. The van der Waals surface area contributed by atoms with Gasteiger partial charge in [-0.05, 0) is 62.1 Å². The quantitative estimate of drug-likeness (QED) is 0.724. The standard InChI is InChI=1S/C24H27NO3S/c1-24(2,3)29(27)25-16-22-21(18-10-12-20(28-4)13-11-18)14-19(15-23(22)26)17-8-6-5-7-9-17/h5-13,15-16,21,25H,14H2,1-4H3/b22-16-/t21-,29?/m1/s1. The van der Waals surface area contributed by atoms with Gasteiger partial charge in [-0.2, -0.15) is 0 Å². The molecule has 1 aliphatic carbocycles. The lowest BCUT2D eigenvalue weighted by Gasteiger charge is -2.26. The highest BCUT2D eigenvalue weighted by atomic mass is 32.2. The molecule has 0 radical (unpaired) electrons. The Balaban J connectivity index is 1.99. The smallest absolute Gasteiger partial charge is 0.184 e. The van der Waals surface area contributed by atoms with E-state index in [9.17, 15) is 9.00 Å². The number of rotatable bonds is 5. The van der Waals surface area contributed by atoms with Crippen LogP contribution in [0.25, 0.3) is 5.57 Å². The van der Waals surface area contributed by atoms with Gasteiger partial charge in [0.05, 0.1) is 11.9 Å². The Hall–Kier alpha value is -2.66. The second-order valence-electron chi connectivity index (χ2n) is 8.03. The molecule has 1 unspecified atom stereocenters. The van der Waals surface area contributed by atoms with Gasteiger partial charge in [0, 0.05) is 17.7 Å². The molecule has 0 bridgehead atoms. The van der Waals surface area contributed by atoms with Crippen LogP contribution in [0.5, 0.6) is 5.75 Å². The van der Waals surface area contributed by atoms with Crippen LogP contribution >= 0.6 is 0 Å². The van der Waals surface area contributed by atoms with Crippen LogP contribution in [0.15, 0.2) is 72.4 Å². The summed E-state index contributed by atoms with van der Waals surface area (Å²) < 4.78 is 20.2. The molecule has 2 aromatic carbocycles. The Labute approximate surface area is 175 Å². The summed E-state index contributed by atoms with van der Waals surface area (Å²) in [4.78, 5) is 13.0. The largest absolute Gasteiger partial charge is 0.497 e. The third-order valence-electron chi connectivity index (χ3n) is 4.93. The summed E-state index contributed by atoms with van der Waals surface area (Å²) in [6.07, 6.45) is 4.03. The highest BCUT2D eigenvalue weighted by molar-refractivity contribution is 7.84. The Morgan fingerprint density at radius 3 is 2.31 bits per heavy atom. The van der Waals surface area contributed by atoms with Gasteiger partial charge < -0.3 is 9.46 Å². The summed E-state index contributed by atoms with van der Waals surface area (Å²) >= 11 is 0. The van der Waals surface area contributed by atoms with E-state index in [1.165, 1.54) is 0 Å². The molecule has 0 saturated heterocycles. The topological polar surface area (TPSA) is 55.4 Å². The number of ether oxygens (including phenoxy) is 1. The fraction of sp³-hybridized carbons (Fsp3) is 0.292. The molecular weight excluding hydrogens is 382 g/mol. The molecule has 152 valence electrons. The van der Waals surface area contributed by atoms with Crippen LogP contribution in [0, 0.1) is 0 Å². The van der Waals surface area contributed by atoms with Crippen molar-refractivity contribution in [3.8, 4) is 5.75 Å². The molecule has 29 heavy (non-hydrogen) atoms. The van der Waals surface area contributed by atoms with Gasteiger partial charge in [0.15, 0.2) is 5.78 Å². The molecule has 4 nitrogen and oxygen atoms in total. The number of hydrogen-bond acceptors (Lipinski definition) is 3. The number of nitrogens with one attached hydrogen (secondary N) is 1. The number of allylic oxidation sites excluding steroid dienone is 3. The van der Waals surface area contributed by atoms with Gasteiger partial charge in [0.25, 0.3) is 0 Å². The Morgan fingerprint density at radius 2 is 1.72 bits per heavy atom. The van der Waals surface area contributed by atoms with Crippen molar-refractivity contribution in [1.82, 2.24) is 4.72 Å². The molecular formula is C24H27NO3S. The molecule has 0 aromatic heterocycles. The van der Waals surface area contributed by atoms with Crippen molar-refractivity contribution in [2.24, 2.45) is 0 Å². The zero-order valence-electron chi connectivity index (χ0n) is 17.3. The lowest BCUT2D eigenvalue weighted by Crippen LogP contribution is -2.31. The second-order valence-corrected chi connectivity index (χ2v) is 10.0. The highest BCUT2D eigenvalue weighted by Gasteiger charge is 2.29. The maximum Gasteiger partial charge on any atom is 0.184 e. The first kappa shape index (κ1) is 21.1. The van der Waals surface area contributed by atoms with E-state index in [1.807, 2.05) is 75.4 Å². The van der Waals surface area contributed by atoms with Gasteiger partial charge in [-0.1, -0.05) is 42.5 Å². The monoisotopic (exact) mass is 409 g/mol. The van der Waals surface area contributed by atoms with Gasteiger partial charge in [-0.25, -0.2) is 4.21 Å². The summed E-state index contributed by atoms with van der Waals surface area (Å²) in [5.74, 6) is 0.583. The predicted octanol–water partition coefficient (Wildman–Crippen LogP) is 4.77. The maximum atomic E-state index is 13.0. The van der Waals surface area contributed by atoms with Crippen LogP contribution in [0.3, 0.4) is 0 Å². The first-order chi connectivity index (χ1) is 13.8. The first-order valence-corrected chi connectivity index (χ1v) is 10.8. The molecule has 5 heteroatoms. The molecule has 0 saturated carbocycles. The Morgan fingerprint density at radius 1 is 1.07 bits per heavy atom. The molecule has 0 spiro atoms. The van der Waals surface area contributed by atoms with E-state index in [4.69, 9.17) is 4.74 Å². The third kappa shape index (κ3) is 5.04. The molecule has 2 atom stereocenters. The summed E-state index contributed by atoms with van der Waals surface area (Å²) in [5.41, 5.74) is 3.69. The van der Waals surface area contributed by atoms with Crippen molar-refractivity contribution < 1.29 is 13.7 Å². The van der Waals surface area contributed by atoms with Gasteiger partial charge in [-0.3, -0.25) is 4.79 Å². The predicted molar refractivity (Wildman–Crippen MR) is 119 cm³/mol. The zero-order valence-corrected chi connectivity index (χ0v) is 18.1. The molecule has 1 aliphatic rings. The first-order valence-electron chi connectivity index (χ1n) is 9.62. The van der Waals surface area contributed by atoms with Crippen molar-refractivity contribution in [2.45, 2.75) is 37.9 Å². The SMILES string of the molecule is COc1ccc([C@H]2CC(c3ccccc3)=CC(=O)/C2=C\NS(=O)C(C)(C)C)cc1. The number of carbonyl (C=O) groups is 1. The van der Waals surface area contributed by atoms with Crippen LogP contribution < -0.4 is 9.46 Å². The summed E-state index contributed by atoms with van der Waals surface area (Å²) in [5, 5.41) is 0. The molecule has 0 aliphatic heterocycles. The minimum atomic E-state index is -1.29. The van der Waals surface area contributed by atoms with Crippen molar-refractivity contribution in [2.75, 3.05) is 7.11 Å². The average molecular weight is 410 g/mol. The summed E-state index contributed by atoms with van der Waals surface area (Å²) in [6, 6.07) is 17.7. The number of ketones is 1. The van der Waals surface area contributed by atoms with E-state index < -0.39 is 15.7 Å². The van der Waals surface area contributed by atoms with E-state index in [2.05, 4.69) is 4.72 Å². The van der Waals surface area contributed by atoms with E-state index >= 15 is 0 Å². The van der Waals surface area contributed by atoms with E-state index in [-0.39, 0.29) is 11.7 Å². The van der Waals surface area contributed by atoms with Gasteiger partial charge in [0.1, 0.15) is 16.7 Å². The minimum Gasteiger partial charge on any atom is -0.497 e. The molecule has 0 amide bonds. The molecule has 1 N–H and O–H groups in total. The molecule has 3 rings (SSSR count). The Bertz CT molecular complexity index is 954. The van der Waals surface area contributed by atoms with Crippen molar-refractivity contribution in [3.63, 3.8) is 0 Å².